The molecule has 0 saturated carbocycles. The van der Waals surface area contributed by atoms with Gasteiger partial charge in [0.05, 0.1) is 12.8 Å². The molecule has 1 amide bonds. The van der Waals surface area contributed by atoms with Gasteiger partial charge in [-0.1, -0.05) is 42.5 Å². The van der Waals surface area contributed by atoms with Crippen molar-refractivity contribution in [2.45, 2.75) is 20.4 Å². The molecule has 5 nitrogen and oxygen atoms in total. The molecule has 0 atom stereocenters. The molecule has 0 heterocycles. The first kappa shape index (κ1) is 19.1. The summed E-state index contributed by atoms with van der Waals surface area (Å²) in [4.78, 5) is 14.4. The van der Waals surface area contributed by atoms with E-state index in [0.29, 0.717) is 6.54 Å². The number of anilines is 1. The van der Waals surface area contributed by atoms with E-state index < -0.39 is 10.0 Å². The number of sulfonamides is 1. The van der Waals surface area contributed by atoms with Crippen LogP contribution in [0.3, 0.4) is 0 Å². The first-order valence-electron chi connectivity index (χ1n) is 8.17. The fourth-order valence-electron chi connectivity index (χ4n) is 2.61. The molecule has 0 unspecified atom stereocenters. The van der Waals surface area contributed by atoms with Crippen molar-refractivity contribution in [3.05, 3.63) is 65.7 Å². The van der Waals surface area contributed by atoms with Crippen molar-refractivity contribution in [1.82, 2.24) is 4.31 Å². The number of likely N-dealkylation sites (N-methyl/N-ethyl adjacent to an activating group) is 1. The highest BCUT2D eigenvalue weighted by Gasteiger charge is 2.24. The zero-order chi connectivity index (χ0) is 18.4. The van der Waals surface area contributed by atoms with Crippen LogP contribution in [0.25, 0.3) is 0 Å². The van der Waals surface area contributed by atoms with Crippen LogP contribution in [-0.4, -0.2) is 38.0 Å². The molecule has 2 aromatic rings. The highest BCUT2D eigenvalue weighted by molar-refractivity contribution is 7.88. The number of hydrogen-bond donors (Lipinski definition) is 0. The molecule has 134 valence electrons. The smallest absolute Gasteiger partial charge is 0.242 e. The summed E-state index contributed by atoms with van der Waals surface area (Å²) < 4.78 is 25.5. The summed E-state index contributed by atoms with van der Waals surface area (Å²) in [5.74, 6) is -0.241. The monoisotopic (exact) mass is 360 g/mol. The molecule has 0 saturated heterocycles. The van der Waals surface area contributed by atoms with Gasteiger partial charge >= 0.3 is 0 Å². The highest BCUT2D eigenvalue weighted by atomic mass is 32.2. The van der Waals surface area contributed by atoms with Crippen molar-refractivity contribution in [3.8, 4) is 0 Å². The van der Waals surface area contributed by atoms with E-state index in [1.54, 1.807) is 4.90 Å². The van der Waals surface area contributed by atoms with Crippen molar-refractivity contribution in [1.29, 1.82) is 0 Å². The van der Waals surface area contributed by atoms with Crippen molar-refractivity contribution in [3.63, 3.8) is 0 Å². The van der Waals surface area contributed by atoms with E-state index in [2.05, 4.69) is 0 Å². The van der Waals surface area contributed by atoms with Crippen LogP contribution in [0, 0.1) is 6.92 Å². The molecule has 2 rings (SSSR count). The maximum Gasteiger partial charge on any atom is 0.242 e. The van der Waals surface area contributed by atoms with E-state index in [1.807, 2.05) is 68.4 Å². The molecular weight excluding hydrogens is 336 g/mol. The lowest BCUT2D eigenvalue weighted by molar-refractivity contribution is -0.118. The second-order valence-corrected chi connectivity index (χ2v) is 7.98. The number of aryl methyl sites for hydroxylation is 1. The second-order valence-electron chi connectivity index (χ2n) is 5.99. The van der Waals surface area contributed by atoms with Crippen LogP contribution < -0.4 is 4.90 Å². The average molecular weight is 360 g/mol. The SMILES string of the molecule is CCN(C(=O)CN(Cc1ccccc1)S(C)(=O)=O)c1cccc(C)c1. The average Bonchev–Trinajstić information content (AvgIpc) is 2.55. The maximum absolute atomic E-state index is 12.8. The number of hydrogen-bond acceptors (Lipinski definition) is 3. The van der Waals surface area contributed by atoms with Gasteiger partial charge < -0.3 is 4.90 Å². The molecule has 0 aliphatic rings. The normalized spacial score (nSPS) is 11.5. The van der Waals surface area contributed by atoms with Gasteiger partial charge in [-0.15, -0.1) is 0 Å². The molecule has 0 aliphatic carbocycles. The van der Waals surface area contributed by atoms with Gasteiger partial charge in [0.15, 0.2) is 0 Å². The molecule has 0 bridgehead atoms. The van der Waals surface area contributed by atoms with Gasteiger partial charge in [-0.2, -0.15) is 4.31 Å². The summed E-state index contributed by atoms with van der Waals surface area (Å²) in [6, 6.07) is 16.9. The summed E-state index contributed by atoms with van der Waals surface area (Å²) in [6.45, 7) is 4.31. The fourth-order valence-corrected chi connectivity index (χ4v) is 3.34. The van der Waals surface area contributed by atoms with Gasteiger partial charge in [-0.3, -0.25) is 4.79 Å². The standard InChI is InChI=1S/C19H24N2O3S/c1-4-21(18-12-8-9-16(2)13-18)19(22)15-20(25(3,23)24)14-17-10-6-5-7-11-17/h5-13H,4,14-15H2,1-3H3. The second kappa shape index (κ2) is 8.27. The van der Waals surface area contributed by atoms with E-state index in [9.17, 15) is 13.2 Å². The molecular formula is C19H24N2O3S. The molecule has 0 spiro atoms. The van der Waals surface area contributed by atoms with E-state index in [0.717, 1.165) is 23.1 Å². The zero-order valence-electron chi connectivity index (χ0n) is 14.8. The number of rotatable bonds is 7. The zero-order valence-corrected chi connectivity index (χ0v) is 15.7. The van der Waals surface area contributed by atoms with E-state index >= 15 is 0 Å². The summed E-state index contributed by atoms with van der Waals surface area (Å²) >= 11 is 0. The lowest BCUT2D eigenvalue weighted by Crippen LogP contribution is -2.42. The van der Waals surface area contributed by atoms with Crippen LogP contribution in [0.15, 0.2) is 54.6 Å². The first-order valence-corrected chi connectivity index (χ1v) is 10.0. The molecule has 0 aliphatic heterocycles. The lowest BCUT2D eigenvalue weighted by Gasteiger charge is -2.26. The van der Waals surface area contributed by atoms with Crippen LogP contribution >= 0.6 is 0 Å². The molecule has 0 radical (unpaired) electrons. The fraction of sp³-hybridized carbons (Fsp3) is 0.316. The minimum absolute atomic E-state index is 0.177. The van der Waals surface area contributed by atoms with Crippen molar-refractivity contribution in [2.24, 2.45) is 0 Å². The Bertz CT molecular complexity index is 820. The lowest BCUT2D eigenvalue weighted by atomic mass is 10.2. The Morgan fingerprint density at radius 1 is 1.04 bits per heavy atom. The van der Waals surface area contributed by atoms with Gasteiger partial charge in [-0.05, 0) is 37.1 Å². The number of amides is 1. The summed E-state index contributed by atoms with van der Waals surface area (Å²) in [6.07, 6.45) is 1.13. The largest absolute Gasteiger partial charge is 0.312 e. The van der Waals surface area contributed by atoms with Crippen LogP contribution in [-0.2, 0) is 21.4 Å². The van der Waals surface area contributed by atoms with Crippen LogP contribution in [0.4, 0.5) is 5.69 Å². The number of carbonyl (C=O) groups excluding carboxylic acids is 1. The Balaban J connectivity index is 2.20. The van der Waals surface area contributed by atoms with Crippen LogP contribution in [0.2, 0.25) is 0 Å². The van der Waals surface area contributed by atoms with Crippen LogP contribution in [0.1, 0.15) is 18.1 Å². The van der Waals surface area contributed by atoms with Crippen molar-refractivity contribution >= 4 is 21.6 Å². The quantitative estimate of drug-likeness (QED) is 0.763. The van der Waals surface area contributed by atoms with Crippen LogP contribution in [0.5, 0.6) is 0 Å². The van der Waals surface area contributed by atoms with E-state index in [1.165, 1.54) is 4.31 Å². The van der Waals surface area contributed by atoms with E-state index in [4.69, 9.17) is 0 Å². The third-order valence-electron chi connectivity index (χ3n) is 3.91. The van der Waals surface area contributed by atoms with Gasteiger partial charge in [0.2, 0.25) is 15.9 Å². The summed E-state index contributed by atoms with van der Waals surface area (Å²) in [5, 5.41) is 0. The maximum atomic E-state index is 12.8. The van der Waals surface area contributed by atoms with Gasteiger partial charge in [0.1, 0.15) is 0 Å². The molecule has 0 N–H and O–H groups in total. The minimum Gasteiger partial charge on any atom is -0.312 e. The number of carbonyl (C=O) groups is 1. The van der Waals surface area contributed by atoms with Gasteiger partial charge in [-0.25, -0.2) is 8.42 Å². The third kappa shape index (κ3) is 5.41. The molecule has 0 aromatic heterocycles. The first-order chi connectivity index (χ1) is 11.8. The summed E-state index contributed by atoms with van der Waals surface area (Å²) in [5.41, 5.74) is 2.67. The Morgan fingerprint density at radius 2 is 1.72 bits per heavy atom. The Hall–Kier alpha value is -2.18. The Kier molecular flexibility index (Phi) is 6.33. The summed E-state index contributed by atoms with van der Waals surface area (Å²) in [7, 11) is -3.50. The molecule has 2 aromatic carbocycles. The number of nitrogens with zero attached hydrogens (tertiary/aromatic N) is 2. The third-order valence-corrected chi connectivity index (χ3v) is 5.11. The highest BCUT2D eigenvalue weighted by Crippen LogP contribution is 2.17. The van der Waals surface area contributed by atoms with Crippen molar-refractivity contribution in [2.75, 3.05) is 24.2 Å². The predicted molar refractivity (Wildman–Crippen MR) is 101 cm³/mol. The van der Waals surface area contributed by atoms with Gasteiger partial charge in [0.25, 0.3) is 0 Å². The molecule has 25 heavy (non-hydrogen) atoms. The topological polar surface area (TPSA) is 57.7 Å². The Morgan fingerprint density at radius 3 is 2.28 bits per heavy atom. The van der Waals surface area contributed by atoms with E-state index in [-0.39, 0.29) is 19.0 Å². The minimum atomic E-state index is -3.50. The Labute approximate surface area is 149 Å². The number of benzene rings is 2. The van der Waals surface area contributed by atoms with Crippen molar-refractivity contribution < 1.29 is 13.2 Å². The van der Waals surface area contributed by atoms with Gasteiger partial charge in [0, 0.05) is 18.8 Å². The molecule has 6 heteroatoms. The molecule has 0 fully saturated rings. The predicted octanol–water partition coefficient (Wildman–Crippen LogP) is 2.81.